The first-order chi connectivity index (χ1) is 7.88. The van der Waals surface area contributed by atoms with E-state index >= 15 is 0 Å². The number of aromatic nitrogens is 2. The molecule has 0 fully saturated rings. The zero-order chi connectivity index (χ0) is 12.6. The van der Waals surface area contributed by atoms with Gasteiger partial charge in [-0.3, -0.25) is 0 Å². The molecule has 1 aromatic carbocycles. The predicted molar refractivity (Wildman–Crippen MR) is 68.5 cm³/mol. The fraction of sp³-hybridized carbons (Fsp3) is 0.333. The van der Waals surface area contributed by atoms with Gasteiger partial charge in [0.1, 0.15) is 5.52 Å². The second-order valence-electron chi connectivity index (χ2n) is 4.85. The van der Waals surface area contributed by atoms with Crippen molar-refractivity contribution in [1.29, 1.82) is 0 Å². The molecule has 0 aliphatic carbocycles. The monoisotopic (exact) mass is 296 g/mol. The van der Waals surface area contributed by atoms with E-state index in [0.717, 1.165) is 15.4 Å². The summed E-state index contributed by atoms with van der Waals surface area (Å²) >= 11 is 3.38. The highest BCUT2D eigenvalue weighted by atomic mass is 79.9. The molecule has 90 valence electrons. The van der Waals surface area contributed by atoms with E-state index in [0.29, 0.717) is 0 Å². The molecule has 1 aromatic heterocycles. The van der Waals surface area contributed by atoms with Gasteiger partial charge in [0.25, 0.3) is 0 Å². The average molecular weight is 297 g/mol. The summed E-state index contributed by atoms with van der Waals surface area (Å²) < 4.78 is 0.965. The van der Waals surface area contributed by atoms with E-state index in [1.54, 1.807) is 27.0 Å². The van der Waals surface area contributed by atoms with Crippen LogP contribution in [-0.4, -0.2) is 15.9 Å². The Morgan fingerprint density at radius 2 is 2.12 bits per heavy atom. The Hall–Kier alpha value is -1.36. The molecule has 0 bridgehead atoms. The number of rotatable bonds is 1. The summed E-state index contributed by atoms with van der Waals surface area (Å²) in [5, 5.41) is 4.96. The number of fused-ring (bicyclic) bond motifs is 1. The Bertz CT molecular complexity index is 569. The Kier molecular flexibility index (Phi) is 2.95. The molecule has 0 saturated heterocycles. The van der Waals surface area contributed by atoms with Crippen molar-refractivity contribution < 1.29 is 9.63 Å². The lowest BCUT2D eigenvalue weighted by Gasteiger charge is -2.15. The van der Waals surface area contributed by atoms with Crippen molar-refractivity contribution in [3.05, 3.63) is 28.9 Å². The highest BCUT2D eigenvalue weighted by molar-refractivity contribution is 9.10. The summed E-state index contributed by atoms with van der Waals surface area (Å²) in [5.41, 5.74) is 0.221. The maximum atomic E-state index is 11.8. The molecule has 1 heterocycles. The molecule has 0 radical (unpaired) electrons. The van der Waals surface area contributed by atoms with E-state index in [9.17, 15) is 4.79 Å². The summed E-state index contributed by atoms with van der Waals surface area (Å²) in [6.07, 6.45) is 1.66. The van der Waals surface area contributed by atoms with Gasteiger partial charge in [0.05, 0.1) is 11.6 Å². The van der Waals surface area contributed by atoms with Gasteiger partial charge in [0.2, 0.25) is 0 Å². The van der Waals surface area contributed by atoms with Crippen molar-refractivity contribution in [2.75, 3.05) is 0 Å². The fourth-order valence-electron chi connectivity index (χ4n) is 1.27. The molecule has 0 N–H and O–H groups in total. The van der Waals surface area contributed by atoms with Crippen molar-refractivity contribution in [3.63, 3.8) is 0 Å². The third kappa shape index (κ3) is 2.49. The molecule has 2 aromatic rings. The van der Waals surface area contributed by atoms with Crippen LogP contribution in [0, 0.1) is 5.41 Å². The first-order valence-electron chi connectivity index (χ1n) is 5.24. The zero-order valence-electron chi connectivity index (χ0n) is 9.90. The molecule has 0 atom stereocenters. The second-order valence-corrected chi connectivity index (χ2v) is 5.77. The quantitative estimate of drug-likeness (QED) is 0.813. The summed E-state index contributed by atoms with van der Waals surface area (Å²) in [4.78, 5) is 18.2. The molecule has 0 saturated carbocycles. The SMILES string of the molecule is CC(C)(C)C(=O)On1ncc2cc(Br)ccc21. The number of hydrogen-bond acceptors (Lipinski definition) is 3. The van der Waals surface area contributed by atoms with Crippen molar-refractivity contribution in [2.24, 2.45) is 5.41 Å². The number of carbonyl (C=O) groups is 1. The van der Waals surface area contributed by atoms with Crippen LogP contribution in [0.3, 0.4) is 0 Å². The van der Waals surface area contributed by atoms with E-state index in [-0.39, 0.29) is 5.97 Å². The molecule has 2 rings (SSSR count). The predicted octanol–water partition coefficient (Wildman–Crippen LogP) is 2.80. The van der Waals surface area contributed by atoms with Crippen molar-refractivity contribution in [2.45, 2.75) is 20.8 Å². The third-order valence-electron chi connectivity index (χ3n) is 2.28. The minimum atomic E-state index is -0.548. The van der Waals surface area contributed by atoms with Gasteiger partial charge >= 0.3 is 5.97 Å². The van der Waals surface area contributed by atoms with Gasteiger partial charge in [0.15, 0.2) is 0 Å². The Morgan fingerprint density at radius 1 is 1.41 bits per heavy atom. The van der Waals surface area contributed by atoms with Gasteiger partial charge in [-0.25, -0.2) is 4.79 Å². The van der Waals surface area contributed by atoms with Crippen LogP contribution in [0.2, 0.25) is 0 Å². The number of hydrogen-bond donors (Lipinski definition) is 0. The summed E-state index contributed by atoms with van der Waals surface area (Å²) in [6.45, 7) is 5.41. The van der Waals surface area contributed by atoms with Crippen molar-refractivity contribution in [1.82, 2.24) is 9.94 Å². The van der Waals surface area contributed by atoms with Gasteiger partial charge in [0, 0.05) is 9.86 Å². The molecule has 0 aliphatic heterocycles. The third-order valence-corrected chi connectivity index (χ3v) is 2.77. The van der Waals surface area contributed by atoms with Crippen molar-refractivity contribution in [3.8, 4) is 0 Å². The molecule has 0 unspecified atom stereocenters. The Balaban J connectivity index is 2.35. The summed E-state index contributed by atoms with van der Waals surface area (Å²) in [6, 6.07) is 5.65. The largest absolute Gasteiger partial charge is 0.340 e. The lowest BCUT2D eigenvalue weighted by molar-refractivity contribution is -0.154. The maximum absolute atomic E-state index is 11.8. The standard InChI is InChI=1S/C12H13BrN2O2/c1-12(2,3)11(16)17-15-10-5-4-9(13)6-8(10)7-14-15/h4-7H,1-3H3. The molecule has 5 heteroatoms. The van der Waals surface area contributed by atoms with E-state index in [1.807, 2.05) is 18.2 Å². The molecule has 4 nitrogen and oxygen atoms in total. The summed E-state index contributed by atoms with van der Waals surface area (Å²) in [7, 11) is 0. The van der Waals surface area contributed by atoms with Gasteiger partial charge in [-0.2, -0.15) is 0 Å². The summed E-state index contributed by atoms with van der Waals surface area (Å²) in [5.74, 6) is -0.314. The van der Waals surface area contributed by atoms with Gasteiger partial charge in [-0.15, -0.1) is 5.10 Å². The van der Waals surface area contributed by atoms with Crippen LogP contribution in [-0.2, 0) is 4.79 Å². The van der Waals surface area contributed by atoms with Crippen LogP contribution >= 0.6 is 15.9 Å². The maximum Gasteiger partial charge on any atom is 0.340 e. The van der Waals surface area contributed by atoms with Crippen molar-refractivity contribution >= 4 is 32.8 Å². The van der Waals surface area contributed by atoms with E-state index < -0.39 is 5.41 Å². The smallest absolute Gasteiger partial charge is 0.318 e. The van der Waals surface area contributed by atoms with Gasteiger partial charge < -0.3 is 4.84 Å². The number of carbonyl (C=O) groups excluding carboxylic acids is 1. The molecule has 0 aliphatic rings. The lowest BCUT2D eigenvalue weighted by Crippen LogP contribution is -2.31. The fourth-order valence-corrected chi connectivity index (χ4v) is 1.65. The van der Waals surface area contributed by atoms with Crippen LogP contribution in [0.25, 0.3) is 10.9 Å². The Morgan fingerprint density at radius 3 is 2.76 bits per heavy atom. The van der Waals surface area contributed by atoms with Gasteiger partial charge in [-0.1, -0.05) is 20.8 Å². The van der Waals surface area contributed by atoms with E-state index in [4.69, 9.17) is 4.84 Å². The van der Waals surface area contributed by atoms with Crippen LogP contribution < -0.4 is 4.84 Å². The molecular formula is C12H13BrN2O2. The molecule has 0 amide bonds. The molecule has 0 spiro atoms. The second kappa shape index (κ2) is 4.14. The van der Waals surface area contributed by atoms with Gasteiger partial charge in [-0.05, 0) is 39.0 Å². The highest BCUT2D eigenvalue weighted by Crippen LogP contribution is 2.20. The Labute approximate surface area is 108 Å². The van der Waals surface area contributed by atoms with E-state index in [2.05, 4.69) is 21.0 Å². The lowest BCUT2D eigenvalue weighted by atomic mass is 9.98. The van der Waals surface area contributed by atoms with E-state index in [1.165, 1.54) is 4.85 Å². The van der Waals surface area contributed by atoms with Crippen LogP contribution in [0.1, 0.15) is 20.8 Å². The highest BCUT2D eigenvalue weighted by Gasteiger charge is 2.25. The number of nitrogens with zero attached hydrogens (tertiary/aromatic N) is 2. The first-order valence-corrected chi connectivity index (χ1v) is 6.03. The van der Waals surface area contributed by atoms with Crippen LogP contribution in [0.5, 0.6) is 0 Å². The number of benzene rings is 1. The van der Waals surface area contributed by atoms with Crippen LogP contribution in [0.4, 0.5) is 0 Å². The number of halogens is 1. The van der Waals surface area contributed by atoms with Crippen LogP contribution in [0.15, 0.2) is 28.9 Å². The topological polar surface area (TPSA) is 44.1 Å². The minimum absolute atomic E-state index is 0.314. The normalized spacial score (nSPS) is 11.8. The average Bonchev–Trinajstić information content (AvgIpc) is 2.59. The zero-order valence-corrected chi connectivity index (χ0v) is 11.5. The molecule has 17 heavy (non-hydrogen) atoms. The first kappa shape index (κ1) is 12.1. The minimum Gasteiger partial charge on any atom is -0.318 e. The molecular weight excluding hydrogens is 284 g/mol.